The van der Waals surface area contributed by atoms with Gasteiger partial charge in [0.15, 0.2) is 0 Å². The molecule has 0 heterocycles. The molecule has 14 unspecified atom stereocenters. The van der Waals surface area contributed by atoms with E-state index >= 15 is 0 Å². The lowest BCUT2D eigenvalue weighted by Crippen LogP contribution is -1.63. The van der Waals surface area contributed by atoms with Crippen LogP contribution in [0.25, 0.3) is 0 Å². The Morgan fingerprint density at radius 2 is 0.607 bits per heavy atom. The molecule has 28 heavy (non-hydrogen) atoms. The van der Waals surface area contributed by atoms with E-state index in [4.69, 9.17) is 0 Å². The fourth-order valence-corrected chi connectivity index (χ4v) is 344. The molecule has 0 aromatic carbocycles. The summed E-state index contributed by atoms with van der Waals surface area (Å²) in [6.45, 7) is -1.27. The largest absolute Gasteiger partial charge is 0.553 e. The van der Waals surface area contributed by atoms with E-state index in [0.29, 0.717) is 0 Å². The second kappa shape index (κ2) is 21.7. The van der Waals surface area contributed by atoms with Crippen LogP contribution in [-0.2, 0) is 0 Å². The minimum atomic E-state index is -0.288. The zero-order valence-corrected chi connectivity index (χ0v) is 42.5. The fraction of sp³-hybridized carbons (Fsp3) is 0. The second-order valence-electron chi connectivity index (χ2n) is 4.19. The smallest absolute Gasteiger partial charge is 0.000752 e. The highest BCUT2D eigenvalue weighted by Crippen LogP contribution is 3.37. The van der Waals surface area contributed by atoms with Crippen LogP contribution >= 0.6 is 225 Å². The van der Waals surface area contributed by atoms with Crippen LogP contribution in [-0.4, -0.2) is 0 Å². The van der Waals surface area contributed by atoms with Gasteiger partial charge in [-0.3, -0.25) is 0 Å². The molecule has 0 spiro atoms. The Morgan fingerprint density at radius 1 is 0.321 bits per heavy atom. The zero-order valence-electron chi connectivity index (χ0n) is 14.2. The highest BCUT2D eigenvalue weighted by molar-refractivity contribution is 9.42. The van der Waals surface area contributed by atoms with Crippen molar-refractivity contribution >= 4 is 225 Å². The molecule has 0 saturated carbocycles. The minimum Gasteiger partial charge on any atom is -0.553 e. The highest BCUT2D eigenvalue weighted by atomic mass is 33.5. The van der Waals surface area contributed by atoms with Gasteiger partial charge in [0.1, 0.15) is 0 Å². The van der Waals surface area contributed by atoms with Gasteiger partial charge in [0.25, 0.3) is 0 Å². The SMILES string of the molecule is [PH-]P([PH-])P(P)P(P(P([PH-])[PH-])P(P)P)P(P(P(P)P)P(P)P)P(P(P)P)P(P)P. The lowest BCUT2D eigenvalue weighted by atomic mass is 28.5. The van der Waals surface area contributed by atoms with E-state index in [0.717, 1.165) is 0 Å². The molecular formula is H26P28-4. The quantitative estimate of drug-likeness (QED) is 0.171. The van der Waals surface area contributed by atoms with Crippen molar-refractivity contribution in [3.05, 3.63) is 0 Å². The molecule has 0 saturated heterocycles. The van der Waals surface area contributed by atoms with E-state index in [1.807, 2.05) is 0 Å². The summed E-state index contributed by atoms with van der Waals surface area (Å²) in [5.74, 6) is 0. The molecule has 0 amide bonds. The van der Waals surface area contributed by atoms with E-state index in [1.54, 1.807) is 0 Å². The Hall–Kier alpha value is 12.0. The Kier molecular flexibility index (Phi) is 31.0. The van der Waals surface area contributed by atoms with Crippen molar-refractivity contribution in [3.63, 3.8) is 0 Å². The predicted octanol–water partition coefficient (Wildman–Crippen LogP) is 17.2. The van der Waals surface area contributed by atoms with Crippen molar-refractivity contribution < 1.29 is 0 Å². The molecule has 0 aromatic rings. The molecule has 0 aliphatic carbocycles. The first-order valence-electron chi connectivity index (χ1n) is 6.13. The van der Waals surface area contributed by atoms with Gasteiger partial charge in [-0.15, -0.1) is 98.2 Å². The van der Waals surface area contributed by atoms with Crippen molar-refractivity contribution in [3.8, 4) is 0 Å². The van der Waals surface area contributed by atoms with Gasteiger partial charge in [0, 0.05) is 0 Å². The third-order valence-electron chi connectivity index (χ3n) is 2.24. The normalized spacial score (nSPS) is 17.0. The van der Waals surface area contributed by atoms with Crippen LogP contribution in [0.2, 0.25) is 0 Å². The standard InChI is InChI=1S/H26P28/c1-16(2)23(15)27(24(17(3)4)18(5)6)28(25(19(7)8)20(9)10)26(21(11)12)22(13)14/h1-4H,5-15H2/q-4. The molecule has 0 radical (unpaired) electrons. The molecule has 0 bridgehead atoms. The topological polar surface area (TPSA) is 0 Å². The predicted molar refractivity (Wildman–Crippen MR) is 230 cm³/mol. The first-order valence-corrected chi connectivity index (χ1v) is 55.2. The van der Waals surface area contributed by atoms with Crippen LogP contribution in [0.5, 0.6) is 0 Å². The summed E-state index contributed by atoms with van der Waals surface area (Å²) in [5.41, 5.74) is 0. The maximum Gasteiger partial charge on any atom is -0.000752 e. The van der Waals surface area contributed by atoms with Crippen LogP contribution < -0.4 is 0 Å². The molecule has 0 aliphatic rings. The van der Waals surface area contributed by atoms with Crippen LogP contribution in [0, 0.1) is 0 Å². The molecule has 0 aliphatic heterocycles. The fourth-order valence-electron chi connectivity index (χ4n) is 1.41. The first kappa shape index (κ1) is 40.0. The summed E-state index contributed by atoms with van der Waals surface area (Å²) >= 11 is 0. The molecular weight excluding hydrogens is 867 g/mol. The molecule has 170 valence electrons. The molecule has 0 aromatic heterocycles. The van der Waals surface area contributed by atoms with E-state index < -0.39 is 0 Å². The Balaban J connectivity index is 6.81. The van der Waals surface area contributed by atoms with E-state index in [-0.39, 0.29) is 90.8 Å². The zero-order chi connectivity index (χ0) is 22.5. The molecule has 0 N–H and O–H groups in total. The summed E-state index contributed by atoms with van der Waals surface area (Å²) in [5, 5.41) is 0. The van der Waals surface area contributed by atoms with E-state index in [2.05, 4.69) is 134 Å². The summed E-state index contributed by atoms with van der Waals surface area (Å²) in [4.78, 5) is 0. The average molecular weight is 893 g/mol. The second-order valence-corrected chi connectivity index (χ2v) is 113. The third kappa shape index (κ3) is 14.5. The molecule has 28 heteroatoms. The van der Waals surface area contributed by atoms with Gasteiger partial charge in [-0.1, -0.05) is 14.0 Å². The number of rotatable bonds is 12. The maximum absolute atomic E-state index is 4.13. The molecule has 0 rings (SSSR count). The van der Waals surface area contributed by atoms with Gasteiger partial charge in [-0.2, -0.15) is 0 Å². The lowest BCUT2D eigenvalue weighted by molar-refractivity contribution is 4.43. The summed E-state index contributed by atoms with van der Waals surface area (Å²) in [6.07, 6.45) is 0. The van der Waals surface area contributed by atoms with Gasteiger partial charge in [0.2, 0.25) is 0 Å². The van der Waals surface area contributed by atoms with Gasteiger partial charge in [0.05, 0.1) is 0 Å². The minimum absolute atomic E-state index is 0.00329. The van der Waals surface area contributed by atoms with Crippen LogP contribution in [0.3, 0.4) is 0 Å². The van der Waals surface area contributed by atoms with Crippen molar-refractivity contribution in [2.75, 3.05) is 0 Å². The monoisotopic (exact) mass is 893 g/mol. The average Bonchev–Trinajstić information content (AvgIpc) is 2.48. The van der Waals surface area contributed by atoms with Crippen molar-refractivity contribution in [2.24, 2.45) is 0 Å². The Bertz CT molecular complexity index is 354. The lowest BCUT2D eigenvalue weighted by Gasteiger charge is -2.58. The van der Waals surface area contributed by atoms with Crippen LogP contribution in [0.1, 0.15) is 0 Å². The van der Waals surface area contributed by atoms with E-state index in [9.17, 15) is 0 Å². The summed E-state index contributed by atoms with van der Waals surface area (Å²) in [6, 6.07) is 0. The number of hydrogen-bond acceptors (Lipinski definition) is 0. The molecule has 0 nitrogen and oxygen atoms in total. The molecule has 14 atom stereocenters. The summed E-state index contributed by atoms with van der Waals surface area (Å²) < 4.78 is 0. The van der Waals surface area contributed by atoms with Crippen molar-refractivity contribution in [1.82, 2.24) is 0 Å². The Labute approximate surface area is 222 Å². The van der Waals surface area contributed by atoms with Gasteiger partial charge < -0.3 is 49.7 Å². The maximum atomic E-state index is 4.13. The van der Waals surface area contributed by atoms with Crippen LogP contribution in [0.4, 0.5) is 0 Å². The summed E-state index contributed by atoms with van der Waals surface area (Å²) in [7, 11) is 52.0. The van der Waals surface area contributed by atoms with Crippen molar-refractivity contribution in [1.29, 1.82) is 0 Å². The van der Waals surface area contributed by atoms with Crippen LogP contribution in [0.15, 0.2) is 0 Å². The first-order chi connectivity index (χ1) is 12.7. The Morgan fingerprint density at radius 3 is 0.786 bits per heavy atom. The highest BCUT2D eigenvalue weighted by Gasteiger charge is 2.45. The molecule has 0 fully saturated rings. The van der Waals surface area contributed by atoms with E-state index in [1.165, 1.54) is 0 Å². The van der Waals surface area contributed by atoms with Crippen molar-refractivity contribution in [2.45, 2.75) is 0 Å². The third-order valence-corrected chi connectivity index (χ3v) is 181. The number of hydrogen-bond donors (Lipinski definition) is 0. The van der Waals surface area contributed by atoms with Gasteiger partial charge in [-0.05, 0) is 62.9 Å². The van der Waals surface area contributed by atoms with Gasteiger partial charge in [-0.25, -0.2) is 0 Å². The van der Waals surface area contributed by atoms with Gasteiger partial charge >= 0.3 is 0 Å².